The van der Waals surface area contributed by atoms with Gasteiger partial charge in [0.2, 0.25) is 18.2 Å². The summed E-state index contributed by atoms with van der Waals surface area (Å²) in [5.74, 6) is -1.39. The molecular weight excluding hydrogens is 406 g/mol. The van der Waals surface area contributed by atoms with Gasteiger partial charge in [-0.1, -0.05) is 32.0 Å². The van der Waals surface area contributed by atoms with E-state index in [1.165, 1.54) is 11.8 Å². The minimum Gasteiger partial charge on any atom is -0.480 e. The van der Waals surface area contributed by atoms with Crippen LogP contribution in [0.25, 0.3) is 0 Å². The van der Waals surface area contributed by atoms with Gasteiger partial charge in [-0.15, -0.1) is 0 Å². The fourth-order valence-electron chi connectivity index (χ4n) is 2.98. The first-order valence-corrected chi connectivity index (χ1v) is 11.2. The number of amides is 3. The second kappa shape index (κ2) is 12.9. The Morgan fingerprint density at radius 1 is 1.13 bits per heavy atom. The first-order chi connectivity index (χ1) is 14.2. The molecule has 0 saturated carbocycles. The largest absolute Gasteiger partial charge is 0.480 e. The number of carbonyl (C=O) groups is 4. The van der Waals surface area contributed by atoms with Gasteiger partial charge in [-0.05, 0) is 49.8 Å². The summed E-state index contributed by atoms with van der Waals surface area (Å²) in [4.78, 5) is 49.9. The molecule has 1 aromatic carbocycles. The van der Waals surface area contributed by atoms with E-state index in [0.717, 1.165) is 0 Å². The first-order valence-electron chi connectivity index (χ1n) is 9.82. The molecule has 0 bridgehead atoms. The standard InChI is InChI=1S/C21H31N3O5S/c1-14(2)12-18(23-19(26)17(22-13-25)10-11-30-4)20(27)24(15(3)21(28)29)16-8-6-5-7-9-16/h5-9,13-15,17-18H,10-12H2,1-4H3,(H,22,25)(H,23,26)(H,28,29). The van der Waals surface area contributed by atoms with Crippen molar-refractivity contribution in [2.24, 2.45) is 5.92 Å². The van der Waals surface area contributed by atoms with Gasteiger partial charge < -0.3 is 15.7 Å². The quantitative estimate of drug-likeness (QED) is 0.406. The SMILES string of the molecule is CSCCC(NC=O)C(=O)NC(CC(C)C)C(=O)N(c1ccccc1)C(C)C(=O)O. The lowest BCUT2D eigenvalue weighted by molar-refractivity contribution is -0.140. The monoisotopic (exact) mass is 437 g/mol. The number of para-hydroxylation sites is 1. The molecule has 166 valence electrons. The molecule has 3 amide bonds. The van der Waals surface area contributed by atoms with Crippen molar-refractivity contribution < 1.29 is 24.3 Å². The van der Waals surface area contributed by atoms with Crippen LogP contribution in [0.2, 0.25) is 0 Å². The van der Waals surface area contributed by atoms with E-state index < -0.39 is 35.9 Å². The van der Waals surface area contributed by atoms with E-state index >= 15 is 0 Å². The van der Waals surface area contributed by atoms with Crippen LogP contribution in [0, 0.1) is 5.92 Å². The molecule has 0 heterocycles. The molecule has 0 aliphatic heterocycles. The zero-order chi connectivity index (χ0) is 22.7. The number of hydrogen-bond donors (Lipinski definition) is 3. The maximum atomic E-state index is 13.4. The van der Waals surface area contributed by atoms with Crippen LogP contribution in [0.5, 0.6) is 0 Å². The van der Waals surface area contributed by atoms with Gasteiger partial charge in [-0.2, -0.15) is 11.8 Å². The Morgan fingerprint density at radius 2 is 1.77 bits per heavy atom. The zero-order valence-electron chi connectivity index (χ0n) is 17.8. The molecule has 1 aromatic rings. The van der Waals surface area contributed by atoms with Crippen LogP contribution in [0.15, 0.2) is 30.3 Å². The Morgan fingerprint density at radius 3 is 2.27 bits per heavy atom. The number of nitrogens with zero attached hydrogens (tertiary/aromatic N) is 1. The number of rotatable bonds is 13. The fraction of sp³-hybridized carbons (Fsp3) is 0.524. The molecule has 0 aliphatic carbocycles. The molecular formula is C21H31N3O5S. The molecule has 8 nitrogen and oxygen atoms in total. The van der Waals surface area contributed by atoms with Gasteiger partial charge in [-0.25, -0.2) is 4.79 Å². The van der Waals surface area contributed by atoms with Crippen molar-refractivity contribution in [3.63, 3.8) is 0 Å². The van der Waals surface area contributed by atoms with E-state index in [0.29, 0.717) is 30.7 Å². The van der Waals surface area contributed by atoms with E-state index in [-0.39, 0.29) is 5.92 Å². The van der Waals surface area contributed by atoms with E-state index in [1.807, 2.05) is 20.1 Å². The summed E-state index contributed by atoms with van der Waals surface area (Å²) in [7, 11) is 0. The van der Waals surface area contributed by atoms with Crippen LogP contribution < -0.4 is 15.5 Å². The number of carbonyl (C=O) groups excluding carboxylic acids is 3. The molecule has 3 N–H and O–H groups in total. The van der Waals surface area contributed by atoms with Crippen LogP contribution in [0.1, 0.15) is 33.6 Å². The minimum absolute atomic E-state index is 0.0701. The Hall–Kier alpha value is -2.55. The third-order valence-electron chi connectivity index (χ3n) is 4.53. The number of aliphatic carboxylic acids is 1. The zero-order valence-corrected chi connectivity index (χ0v) is 18.6. The number of carboxylic acids is 1. The van der Waals surface area contributed by atoms with Gasteiger partial charge >= 0.3 is 5.97 Å². The molecule has 0 radical (unpaired) electrons. The molecule has 3 atom stereocenters. The Labute approximate surface area is 181 Å². The summed E-state index contributed by atoms with van der Waals surface area (Å²) in [5.41, 5.74) is 0.436. The number of carboxylic acid groups (broad SMARTS) is 1. The topological polar surface area (TPSA) is 116 Å². The molecule has 1 rings (SSSR count). The van der Waals surface area contributed by atoms with Crippen LogP contribution in [-0.4, -0.2) is 59.4 Å². The van der Waals surface area contributed by atoms with E-state index in [9.17, 15) is 24.3 Å². The van der Waals surface area contributed by atoms with Gasteiger partial charge in [0.05, 0.1) is 0 Å². The fourth-order valence-corrected chi connectivity index (χ4v) is 3.45. The molecule has 0 saturated heterocycles. The third kappa shape index (κ3) is 7.70. The van der Waals surface area contributed by atoms with E-state index in [2.05, 4.69) is 10.6 Å². The highest BCUT2D eigenvalue weighted by Gasteiger charge is 2.34. The van der Waals surface area contributed by atoms with Crippen molar-refractivity contribution in [1.29, 1.82) is 0 Å². The summed E-state index contributed by atoms with van der Waals surface area (Å²) in [5, 5.41) is 14.8. The molecule has 0 aliphatic rings. The van der Waals surface area contributed by atoms with Crippen molar-refractivity contribution in [2.75, 3.05) is 16.9 Å². The van der Waals surface area contributed by atoms with Crippen molar-refractivity contribution in [2.45, 2.75) is 51.7 Å². The summed E-state index contributed by atoms with van der Waals surface area (Å²) in [6.07, 6.45) is 3.11. The minimum atomic E-state index is -1.15. The molecule has 30 heavy (non-hydrogen) atoms. The summed E-state index contributed by atoms with van der Waals surface area (Å²) >= 11 is 1.54. The molecule has 0 fully saturated rings. The highest BCUT2D eigenvalue weighted by molar-refractivity contribution is 7.98. The van der Waals surface area contributed by atoms with Crippen LogP contribution in [0.3, 0.4) is 0 Å². The number of hydrogen-bond acceptors (Lipinski definition) is 5. The van der Waals surface area contributed by atoms with Crippen molar-refractivity contribution >= 4 is 41.6 Å². The van der Waals surface area contributed by atoms with Crippen LogP contribution in [0.4, 0.5) is 5.69 Å². The lowest BCUT2D eigenvalue weighted by atomic mass is 10.0. The van der Waals surface area contributed by atoms with Gasteiger partial charge in [0.15, 0.2) is 0 Å². The second-order valence-corrected chi connectivity index (χ2v) is 8.35. The third-order valence-corrected chi connectivity index (χ3v) is 5.18. The summed E-state index contributed by atoms with van der Waals surface area (Å²) in [6, 6.07) is 5.70. The average molecular weight is 438 g/mol. The molecule has 0 spiro atoms. The van der Waals surface area contributed by atoms with Gasteiger partial charge in [0, 0.05) is 5.69 Å². The Kier molecular flexibility index (Phi) is 11.0. The highest BCUT2D eigenvalue weighted by atomic mass is 32.2. The highest BCUT2D eigenvalue weighted by Crippen LogP contribution is 2.20. The average Bonchev–Trinajstić information content (AvgIpc) is 2.70. The van der Waals surface area contributed by atoms with Crippen molar-refractivity contribution in [3.05, 3.63) is 30.3 Å². The predicted molar refractivity (Wildman–Crippen MR) is 118 cm³/mol. The second-order valence-electron chi connectivity index (χ2n) is 7.37. The lowest BCUT2D eigenvalue weighted by Gasteiger charge is -2.32. The van der Waals surface area contributed by atoms with Crippen molar-refractivity contribution in [1.82, 2.24) is 10.6 Å². The van der Waals surface area contributed by atoms with Gasteiger partial charge in [0.25, 0.3) is 0 Å². The van der Waals surface area contributed by atoms with E-state index in [1.54, 1.807) is 42.1 Å². The smallest absolute Gasteiger partial charge is 0.326 e. The summed E-state index contributed by atoms with van der Waals surface area (Å²) < 4.78 is 0. The first kappa shape index (κ1) is 25.5. The predicted octanol–water partition coefficient (Wildman–Crippen LogP) is 1.89. The molecule has 0 aromatic heterocycles. The summed E-state index contributed by atoms with van der Waals surface area (Å²) in [6.45, 7) is 5.25. The van der Waals surface area contributed by atoms with Crippen LogP contribution in [-0.2, 0) is 19.2 Å². The number of anilines is 1. The number of nitrogens with one attached hydrogen (secondary N) is 2. The van der Waals surface area contributed by atoms with Gasteiger partial charge in [0.1, 0.15) is 18.1 Å². The van der Waals surface area contributed by atoms with E-state index in [4.69, 9.17) is 0 Å². The molecule has 3 unspecified atom stereocenters. The maximum Gasteiger partial charge on any atom is 0.326 e. The Bertz CT molecular complexity index is 714. The van der Waals surface area contributed by atoms with Crippen LogP contribution >= 0.6 is 11.8 Å². The maximum absolute atomic E-state index is 13.4. The Balaban J connectivity index is 3.19. The number of benzene rings is 1. The molecule has 9 heteroatoms. The lowest BCUT2D eigenvalue weighted by Crippen LogP contribution is -2.56. The van der Waals surface area contributed by atoms with Crippen molar-refractivity contribution in [3.8, 4) is 0 Å². The van der Waals surface area contributed by atoms with Gasteiger partial charge in [-0.3, -0.25) is 19.3 Å². The number of thioether (sulfide) groups is 1. The normalized spacial score (nSPS) is 13.8.